The Morgan fingerprint density at radius 3 is 2.56 bits per heavy atom. The van der Waals surface area contributed by atoms with Crippen LogP contribution in [0.2, 0.25) is 0 Å². The number of piperidine rings is 1. The quantitative estimate of drug-likeness (QED) is 0.644. The van der Waals surface area contributed by atoms with Gasteiger partial charge in [0.2, 0.25) is 0 Å². The number of hydrogen-bond acceptors (Lipinski definition) is 1. The van der Waals surface area contributed by atoms with Crippen molar-refractivity contribution in [3.63, 3.8) is 0 Å². The summed E-state index contributed by atoms with van der Waals surface area (Å²) in [4.78, 5) is 2.63. The van der Waals surface area contributed by atoms with Crippen molar-refractivity contribution in [3.05, 3.63) is 77.4 Å². The van der Waals surface area contributed by atoms with E-state index in [0.29, 0.717) is 12.0 Å². The number of benzene rings is 2. The van der Waals surface area contributed by atoms with Crippen molar-refractivity contribution in [1.29, 1.82) is 0 Å². The van der Waals surface area contributed by atoms with Gasteiger partial charge in [0.1, 0.15) is 0 Å². The fraction of sp³-hybridized carbons (Fsp3) is 0.417. The molecule has 3 rings (SSSR count). The Hall–Kier alpha value is -1.86. The third kappa shape index (κ3) is 4.22. The number of allylic oxidation sites excluding steroid dienone is 1. The maximum absolute atomic E-state index is 4.13. The van der Waals surface area contributed by atoms with Crippen molar-refractivity contribution in [2.75, 3.05) is 6.54 Å². The molecule has 2 aromatic rings. The molecule has 0 saturated carbocycles. The van der Waals surface area contributed by atoms with E-state index in [1.165, 1.54) is 47.2 Å². The van der Waals surface area contributed by atoms with Crippen LogP contribution >= 0.6 is 0 Å². The maximum Gasteiger partial charge on any atom is 0.0236 e. The van der Waals surface area contributed by atoms with Crippen LogP contribution in [0.25, 0.3) is 5.57 Å². The second-order valence-electron chi connectivity index (χ2n) is 7.58. The van der Waals surface area contributed by atoms with Crippen LogP contribution in [-0.2, 0) is 13.0 Å². The molecule has 0 radical (unpaired) electrons. The lowest BCUT2D eigenvalue weighted by Gasteiger charge is -2.38. The highest BCUT2D eigenvalue weighted by Gasteiger charge is 2.26. The summed E-state index contributed by atoms with van der Waals surface area (Å²) in [6.45, 7) is 13.1. The Morgan fingerprint density at radius 2 is 1.92 bits per heavy atom. The molecule has 0 amide bonds. The highest BCUT2D eigenvalue weighted by molar-refractivity contribution is 5.65. The molecule has 1 aliphatic rings. The molecule has 1 fully saturated rings. The first-order chi connectivity index (χ1) is 12.1. The summed E-state index contributed by atoms with van der Waals surface area (Å²) in [5.74, 6) is 0.687. The molecular formula is C24H31N. The Labute approximate surface area is 153 Å². The zero-order valence-corrected chi connectivity index (χ0v) is 16.0. The van der Waals surface area contributed by atoms with Gasteiger partial charge in [0.05, 0.1) is 0 Å². The van der Waals surface area contributed by atoms with E-state index in [1.807, 2.05) is 0 Å². The highest BCUT2D eigenvalue weighted by atomic mass is 15.2. The first kappa shape index (κ1) is 17.9. The van der Waals surface area contributed by atoms with Crippen molar-refractivity contribution < 1.29 is 0 Å². The summed E-state index contributed by atoms with van der Waals surface area (Å²) >= 11 is 0. The summed E-state index contributed by atoms with van der Waals surface area (Å²) < 4.78 is 0. The third-order valence-corrected chi connectivity index (χ3v) is 5.68. The molecule has 0 bridgehead atoms. The molecule has 2 unspecified atom stereocenters. The summed E-state index contributed by atoms with van der Waals surface area (Å²) in [6, 6.07) is 18.6. The SMILES string of the molecule is C=C(C)c1ccc(C2CCN(Cc3ccccc3)C(C)C2)cc1CC. The summed E-state index contributed by atoms with van der Waals surface area (Å²) in [7, 11) is 0. The Morgan fingerprint density at radius 1 is 1.16 bits per heavy atom. The van der Waals surface area contributed by atoms with E-state index in [2.05, 4.69) is 80.8 Å². The van der Waals surface area contributed by atoms with Crippen molar-refractivity contribution >= 4 is 5.57 Å². The molecule has 0 aromatic heterocycles. The van der Waals surface area contributed by atoms with Crippen LogP contribution in [0.15, 0.2) is 55.1 Å². The summed E-state index contributed by atoms with van der Waals surface area (Å²) in [5, 5.41) is 0. The fourth-order valence-electron chi connectivity index (χ4n) is 4.15. The molecule has 1 heterocycles. The van der Waals surface area contributed by atoms with Gasteiger partial charge in [-0.15, -0.1) is 0 Å². The molecule has 1 heteroatoms. The lowest BCUT2D eigenvalue weighted by Crippen LogP contribution is -2.39. The molecule has 2 aromatic carbocycles. The Kier molecular flexibility index (Phi) is 5.75. The van der Waals surface area contributed by atoms with E-state index in [4.69, 9.17) is 0 Å². The van der Waals surface area contributed by atoms with E-state index >= 15 is 0 Å². The number of hydrogen-bond donors (Lipinski definition) is 0. The van der Waals surface area contributed by atoms with Crippen LogP contribution in [0.3, 0.4) is 0 Å². The molecule has 0 aliphatic carbocycles. The molecule has 1 nitrogen and oxygen atoms in total. The normalized spacial score (nSPS) is 21.2. The van der Waals surface area contributed by atoms with Gasteiger partial charge in [-0.3, -0.25) is 4.90 Å². The molecule has 132 valence electrons. The van der Waals surface area contributed by atoms with Crippen LogP contribution in [-0.4, -0.2) is 17.5 Å². The second kappa shape index (κ2) is 8.01. The minimum absolute atomic E-state index is 0.629. The number of rotatable bonds is 5. The lowest BCUT2D eigenvalue weighted by atomic mass is 9.83. The van der Waals surface area contributed by atoms with Crippen LogP contribution in [0.5, 0.6) is 0 Å². The van der Waals surface area contributed by atoms with Crippen molar-refractivity contribution in [1.82, 2.24) is 4.90 Å². The molecule has 0 N–H and O–H groups in total. The monoisotopic (exact) mass is 333 g/mol. The minimum atomic E-state index is 0.629. The molecule has 25 heavy (non-hydrogen) atoms. The van der Waals surface area contributed by atoms with Gasteiger partial charge < -0.3 is 0 Å². The summed E-state index contributed by atoms with van der Waals surface area (Å²) in [5.41, 5.74) is 6.90. The van der Waals surface area contributed by atoms with Crippen LogP contribution in [0.1, 0.15) is 61.8 Å². The minimum Gasteiger partial charge on any atom is -0.296 e. The van der Waals surface area contributed by atoms with E-state index in [0.717, 1.165) is 13.0 Å². The average Bonchev–Trinajstić information content (AvgIpc) is 2.63. The van der Waals surface area contributed by atoms with Gasteiger partial charge in [0, 0.05) is 12.6 Å². The average molecular weight is 334 g/mol. The van der Waals surface area contributed by atoms with Gasteiger partial charge in [-0.2, -0.15) is 0 Å². The lowest BCUT2D eigenvalue weighted by molar-refractivity contribution is 0.138. The van der Waals surface area contributed by atoms with Crippen LogP contribution in [0, 0.1) is 0 Å². The predicted molar refractivity (Wildman–Crippen MR) is 109 cm³/mol. The third-order valence-electron chi connectivity index (χ3n) is 5.68. The maximum atomic E-state index is 4.13. The van der Waals surface area contributed by atoms with Crippen molar-refractivity contribution in [2.45, 2.75) is 58.5 Å². The molecule has 1 saturated heterocycles. The van der Waals surface area contributed by atoms with Gasteiger partial charge in [-0.1, -0.05) is 67.6 Å². The molecule has 1 aliphatic heterocycles. The van der Waals surface area contributed by atoms with Gasteiger partial charge >= 0.3 is 0 Å². The first-order valence-electron chi connectivity index (χ1n) is 9.65. The molecule has 0 spiro atoms. The van der Waals surface area contributed by atoms with E-state index in [9.17, 15) is 0 Å². The standard InChI is InChI=1S/C24H31N/c1-5-21-16-22(11-12-24(21)18(2)3)23-13-14-25(19(4)15-23)17-20-9-7-6-8-10-20/h6-12,16,19,23H,2,5,13-15,17H2,1,3-4H3. The zero-order valence-electron chi connectivity index (χ0n) is 16.0. The van der Waals surface area contributed by atoms with E-state index in [1.54, 1.807) is 0 Å². The van der Waals surface area contributed by atoms with E-state index in [-0.39, 0.29) is 0 Å². The Balaban J connectivity index is 1.69. The zero-order chi connectivity index (χ0) is 17.8. The van der Waals surface area contributed by atoms with E-state index < -0.39 is 0 Å². The number of likely N-dealkylation sites (tertiary alicyclic amines) is 1. The van der Waals surface area contributed by atoms with Gasteiger partial charge in [0.25, 0.3) is 0 Å². The summed E-state index contributed by atoms with van der Waals surface area (Å²) in [6.07, 6.45) is 3.59. The van der Waals surface area contributed by atoms with Crippen molar-refractivity contribution in [3.8, 4) is 0 Å². The van der Waals surface area contributed by atoms with Crippen LogP contribution in [0.4, 0.5) is 0 Å². The van der Waals surface area contributed by atoms with Crippen molar-refractivity contribution in [2.24, 2.45) is 0 Å². The molecular weight excluding hydrogens is 302 g/mol. The highest BCUT2D eigenvalue weighted by Crippen LogP contribution is 2.34. The fourth-order valence-corrected chi connectivity index (χ4v) is 4.15. The number of nitrogens with zero attached hydrogens (tertiary/aromatic N) is 1. The molecule has 2 atom stereocenters. The largest absolute Gasteiger partial charge is 0.296 e. The topological polar surface area (TPSA) is 3.24 Å². The van der Waals surface area contributed by atoms with Gasteiger partial charge in [0.15, 0.2) is 0 Å². The first-order valence-corrected chi connectivity index (χ1v) is 9.65. The smallest absolute Gasteiger partial charge is 0.0236 e. The second-order valence-corrected chi connectivity index (χ2v) is 7.58. The van der Waals surface area contributed by atoms with Gasteiger partial charge in [-0.05, 0) is 67.8 Å². The van der Waals surface area contributed by atoms with Gasteiger partial charge in [-0.25, -0.2) is 0 Å². The van der Waals surface area contributed by atoms with Crippen LogP contribution < -0.4 is 0 Å². The Bertz CT molecular complexity index is 716. The predicted octanol–water partition coefficient (Wildman–Crippen LogP) is 6.05. The number of aryl methyl sites for hydroxylation is 1.